The summed E-state index contributed by atoms with van der Waals surface area (Å²) < 4.78 is 4.43. The van der Waals surface area contributed by atoms with Crippen molar-refractivity contribution in [1.82, 2.24) is 0 Å². The van der Waals surface area contributed by atoms with Crippen LogP contribution >= 0.6 is 0 Å². The van der Waals surface area contributed by atoms with Gasteiger partial charge in [-0.25, -0.2) is 0 Å². The number of rotatable bonds is 11. The van der Waals surface area contributed by atoms with E-state index in [1.165, 1.54) is 44.9 Å². The molecule has 0 rings (SSSR count). The van der Waals surface area contributed by atoms with Crippen LogP contribution in [0.1, 0.15) is 71.1 Å². The summed E-state index contributed by atoms with van der Waals surface area (Å²) in [5, 5.41) is 8.34. The molecule has 0 aliphatic carbocycles. The van der Waals surface area contributed by atoms with E-state index < -0.39 is 6.79 Å². The Kier molecular flexibility index (Phi) is 12.1. The predicted octanol–water partition coefficient (Wildman–Crippen LogP) is 3.40. The van der Waals surface area contributed by atoms with Gasteiger partial charge in [0.05, 0.1) is 0 Å². The van der Waals surface area contributed by atoms with Crippen LogP contribution in [0.25, 0.3) is 0 Å². The molecule has 0 aromatic rings. The molecule has 0 spiro atoms. The Morgan fingerprint density at radius 1 is 0.938 bits per heavy atom. The van der Waals surface area contributed by atoms with Gasteiger partial charge in [-0.05, 0) is 6.42 Å². The van der Waals surface area contributed by atoms with E-state index >= 15 is 0 Å². The van der Waals surface area contributed by atoms with E-state index in [1.54, 1.807) is 0 Å². The zero-order valence-electron chi connectivity index (χ0n) is 10.5. The minimum atomic E-state index is -0.490. The highest BCUT2D eigenvalue weighted by atomic mass is 16.6. The van der Waals surface area contributed by atoms with E-state index in [9.17, 15) is 4.79 Å². The molecule has 0 aromatic heterocycles. The van der Waals surface area contributed by atoms with Crippen LogP contribution in [0.15, 0.2) is 0 Å². The van der Waals surface area contributed by atoms with E-state index in [1.807, 2.05) is 0 Å². The largest absolute Gasteiger partial charge is 0.439 e. The zero-order valence-corrected chi connectivity index (χ0v) is 10.5. The number of hydrogen-bond donors (Lipinski definition) is 1. The molecule has 0 aliphatic rings. The fourth-order valence-electron chi connectivity index (χ4n) is 1.72. The maximum absolute atomic E-state index is 10.9. The lowest BCUT2D eigenvalue weighted by molar-refractivity contribution is -0.151. The van der Waals surface area contributed by atoms with E-state index in [-0.39, 0.29) is 5.97 Å². The molecule has 0 saturated heterocycles. The SMILES string of the molecule is CCCCCCCCCCCC(=O)OCO. The molecule has 1 N–H and O–H groups in total. The van der Waals surface area contributed by atoms with Crippen LogP contribution in [-0.4, -0.2) is 17.9 Å². The maximum atomic E-state index is 10.9. The van der Waals surface area contributed by atoms with E-state index in [2.05, 4.69) is 11.7 Å². The standard InChI is InChI=1S/C13H26O3/c1-2-3-4-5-6-7-8-9-10-11-13(15)16-12-14/h14H,2-12H2,1H3. The summed E-state index contributed by atoms with van der Waals surface area (Å²) in [6.07, 6.45) is 11.6. The highest BCUT2D eigenvalue weighted by molar-refractivity contribution is 5.69. The van der Waals surface area contributed by atoms with Gasteiger partial charge < -0.3 is 9.84 Å². The van der Waals surface area contributed by atoms with Crippen molar-refractivity contribution in [2.45, 2.75) is 71.1 Å². The number of carbonyl (C=O) groups excluding carboxylic acids is 1. The normalized spacial score (nSPS) is 10.4. The molecule has 96 valence electrons. The molecule has 0 unspecified atom stereocenters. The van der Waals surface area contributed by atoms with Gasteiger partial charge in [-0.15, -0.1) is 0 Å². The van der Waals surface area contributed by atoms with E-state index in [0.29, 0.717) is 6.42 Å². The smallest absolute Gasteiger partial charge is 0.307 e. The van der Waals surface area contributed by atoms with Crippen LogP contribution in [0.2, 0.25) is 0 Å². The fraction of sp³-hybridized carbons (Fsp3) is 0.923. The average Bonchev–Trinajstić information content (AvgIpc) is 2.27. The summed E-state index contributed by atoms with van der Waals surface area (Å²) in [5.74, 6) is -0.287. The molecule has 0 amide bonds. The fourth-order valence-corrected chi connectivity index (χ4v) is 1.72. The molecule has 0 bridgehead atoms. The summed E-state index contributed by atoms with van der Waals surface area (Å²) in [6.45, 7) is 1.74. The lowest BCUT2D eigenvalue weighted by Crippen LogP contribution is -2.04. The first-order chi connectivity index (χ1) is 7.81. The van der Waals surface area contributed by atoms with Gasteiger partial charge in [-0.1, -0.05) is 58.3 Å². The van der Waals surface area contributed by atoms with Crippen molar-refractivity contribution in [3.8, 4) is 0 Å². The number of esters is 1. The van der Waals surface area contributed by atoms with Crippen LogP contribution < -0.4 is 0 Å². The van der Waals surface area contributed by atoms with Gasteiger partial charge >= 0.3 is 5.97 Å². The highest BCUT2D eigenvalue weighted by Crippen LogP contribution is 2.10. The summed E-state index contributed by atoms with van der Waals surface area (Å²) >= 11 is 0. The monoisotopic (exact) mass is 230 g/mol. The molecule has 0 aliphatic heterocycles. The number of aliphatic hydroxyl groups excluding tert-OH is 1. The third-order valence-electron chi connectivity index (χ3n) is 2.71. The van der Waals surface area contributed by atoms with Crippen molar-refractivity contribution in [3.05, 3.63) is 0 Å². The number of ether oxygens (including phenoxy) is 1. The summed E-state index contributed by atoms with van der Waals surface area (Å²) in [4.78, 5) is 10.9. The first-order valence-corrected chi connectivity index (χ1v) is 6.57. The predicted molar refractivity (Wildman–Crippen MR) is 65.0 cm³/mol. The Labute approximate surface area is 99.2 Å². The molecule has 0 aromatic carbocycles. The van der Waals surface area contributed by atoms with Crippen LogP contribution in [0.5, 0.6) is 0 Å². The second kappa shape index (κ2) is 12.5. The molecule has 0 heterocycles. The van der Waals surface area contributed by atoms with Gasteiger partial charge in [0.2, 0.25) is 0 Å². The Hall–Kier alpha value is -0.570. The quantitative estimate of drug-likeness (QED) is 0.336. The third-order valence-corrected chi connectivity index (χ3v) is 2.71. The first kappa shape index (κ1) is 15.4. The lowest BCUT2D eigenvalue weighted by Gasteiger charge is -2.02. The molecule has 0 atom stereocenters. The topological polar surface area (TPSA) is 46.5 Å². The molecule has 3 heteroatoms. The molecular formula is C13H26O3. The number of hydrogen-bond acceptors (Lipinski definition) is 3. The van der Waals surface area contributed by atoms with Crippen molar-refractivity contribution in [2.75, 3.05) is 6.79 Å². The van der Waals surface area contributed by atoms with Crippen LogP contribution in [0.4, 0.5) is 0 Å². The van der Waals surface area contributed by atoms with E-state index in [0.717, 1.165) is 12.8 Å². The first-order valence-electron chi connectivity index (χ1n) is 6.57. The minimum Gasteiger partial charge on any atom is -0.439 e. The average molecular weight is 230 g/mol. The zero-order chi connectivity index (χ0) is 12.1. The van der Waals surface area contributed by atoms with Gasteiger partial charge in [0.1, 0.15) is 0 Å². The molecule has 0 radical (unpaired) electrons. The lowest BCUT2D eigenvalue weighted by atomic mass is 10.1. The van der Waals surface area contributed by atoms with Crippen LogP contribution in [0.3, 0.4) is 0 Å². The van der Waals surface area contributed by atoms with Crippen LogP contribution in [-0.2, 0) is 9.53 Å². The Bertz CT molecular complexity index is 157. The number of aliphatic hydroxyl groups is 1. The van der Waals surface area contributed by atoms with Crippen molar-refractivity contribution >= 4 is 5.97 Å². The summed E-state index contributed by atoms with van der Waals surface area (Å²) in [7, 11) is 0. The van der Waals surface area contributed by atoms with Crippen LogP contribution in [0, 0.1) is 0 Å². The minimum absolute atomic E-state index is 0.287. The molecular weight excluding hydrogens is 204 g/mol. The van der Waals surface area contributed by atoms with Gasteiger partial charge in [-0.2, -0.15) is 0 Å². The van der Waals surface area contributed by atoms with Gasteiger partial charge in [-0.3, -0.25) is 4.79 Å². The van der Waals surface area contributed by atoms with Gasteiger partial charge in [0.15, 0.2) is 6.79 Å². The molecule has 0 saturated carbocycles. The number of carbonyl (C=O) groups is 1. The van der Waals surface area contributed by atoms with Gasteiger partial charge in [0, 0.05) is 6.42 Å². The van der Waals surface area contributed by atoms with Crippen molar-refractivity contribution < 1.29 is 14.6 Å². The Morgan fingerprint density at radius 2 is 1.44 bits per heavy atom. The molecule has 3 nitrogen and oxygen atoms in total. The summed E-state index contributed by atoms with van der Waals surface area (Å²) in [5.41, 5.74) is 0. The second-order valence-corrected chi connectivity index (χ2v) is 4.22. The Balaban J connectivity index is 3.01. The molecule has 0 fully saturated rings. The van der Waals surface area contributed by atoms with Crippen molar-refractivity contribution in [1.29, 1.82) is 0 Å². The van der Waals surface area contributed by atoms with Crippen molar-refractivity contribution in [3.63, 3.8) is 0 Å². The number of unbranched alkanes of at least 4 members (excludes halogenated alkanes) is 8. The van der Waals surface area contributed by atoms with E-state index in [4.69, 9.17) is 5.11 Å². The molecule has 16 heavy (non-hydrogen) atoms. The highest BCUT2D eigenvalue weighted by Gasteiger charge is 2.00. The Morgan fingerprint density at radius 3 is 1.94 bits per heavy atom. The van der Waals surface area contributed by atoms with Crippen molar-refractivity contribution in [2.24, 2.45) is 0 Å². The summed E-state index contributed by atoms with van der Waals surface area (Å²) in [6, 6.07) is 0. The maximum Gasteiger partial charge on any atom is 0.307 e. The second-order valence-electron chi connectivity index (χ2n) is 4.22. The third kappa shape index (κ3) is 11.5. The van der Waals surface area contributed by atoms with Gasteiger partial charge in [0.25, 0.3) is 0 Å².